The van der Waals surface area contributed by atoms with E-state index in [-0.39, 0.29) is 11.6 Å². The third-order valence-corrected chi connectivity index (χ3v) is 5.75. The van der Waals surface area contributed by atoms with E-state index in [0.29, 0.717) is 23.1 Å². The Morgan fingerprint density at radius 3 is 2.67 bits per heavy atom. The molecule has 7 heteroatoms. The zero-order valence-corrected chi connectivity index (χ0v) is 17.9. The van der Waals surface area contributed by atoms with E-state index in [1.54, 1.807) is 24.3 Å². The molecule has 0 radical (unpaired) electrons. The van der Waals surface area contributed by atoms with E-state index in [9.17, 15) is 4.79 Å². The van der Waals surface area contributed by atoms with Gasteiger partial charge in [0.1, 0.15) is 6.26 Å². The monoisotopic (exact) mass is 424 g/mol. The third kappa shape index (κ3) is 4.66. The number of oxazole rings is 1. The Kier molecular flexibility index (Phi) is 6.06. The molecule has 156 valence electrons. The van der Waals surface area contributed by atoms with Gasteiger partial charge in [-0.3, -0.25) is 9.69 Å². The van der Waals surface area contributed by atoms with Crippen LogP contribution in [0.25, 0.3) is 0 Å². The highest BCUT2D eigenvalue weighted by molar-refractivity contribution is 6.30. The second kappa shape index (κ2) is 8.90. The normalized spacial score (nSPS) is 14.7. The predicted octanol–water partition coefficient (Wildman–Crippen LogP) is 4.52. The van der Waals surface area contributed by atoms with E-state index >= 15 is 0 Å². The van der Waals surface area contributed by atoms with Crippen molar-refractivity contribution in [2.45, 2.75) is 20.4 Å². The Bertz CT molecular complexity index is 1040. The quantitative estimate of drug-likeness (QED) is 0.652. The highest BCUT2D eigenvalue weighted by Gasteiger charge is 2.21. The molecule has 0 bridgehead atoms. The molecule has 1 N–H and O–H groups in total. The number of amides is 1. The number of aromatic nitrogens is 1. The largest absolute Gasteiger partial charge is 0.447 e. The van der Waals surface area contributed by atoms with Crippen LogP contribution in [0.5, 0.6) is 0 Å². The molecule has 1 fully saturated rings. The SMILES string of the molecule is Cc1cccc(N2CCN(Cc3nc(C(=O)Nc4cccc(Cl)c4)co3)CC2)c1C. The summed E-state index contributed by atoms with van der Waals surface area (Å²) in [6.45, 7) is 8.66. The highest BCUT2D eigenvalue weighted by atomic mass is 35.5. The van der Waals surface area contributed by atoms with Crippen molar-refractivity contribution >= 4 is 28.9 Å². The van der Waals surface area contributed by atoms with Crippen molar-refractivity contribution in [2.24, 2.45) is 0 Å². The average Bonchev–Trinajstić information content (AvgIpc) is 3.19. The minimum absolute atomic E-state index is 0.263. The summed E-state index contributed by atoms with van der Waals surface area (Å²) >= 11 is 5.96. The maximum atomic E-state index is 12.4. The summed E-state index contributed by atoms with van der Waals surface area (Å²) in [4.78, 5) is 21.5. The van der Waals surface area contributed by atoms with Crippen molar-refractivity contribution in [3.05, 3.63) is 76.5 Å². The standard InChI is InChI=1S/C23H25ClN4O2/c1-16-5-3-8-21(17(16)2)28-11-9-27(10-12-28)14-22-26-20(15-30-22)23(29)25-19-7-4-6-18(24)13-19/h3-8,13,15H,9-12,14H2,1-2H3,(H,25,29). The van der Waals surface area contributed by atoms with Crippen molar-refractivity contribution in [2.75, 3.05) is 36.4 Å². The fourth-order valence-corrected chi connectivity index (χ4v) is 3.86. The van der Waals surface area contributed by atoms with Gasteiger partial charge in [-0.05, 0) is 49.2 Å². The van der Waals surface area contributed by atoms with Gasteiger partial charge in [0, 0.05) is 42.6 Å². The zero-order chi connectivity index (χ0) is 21.1. The molecule has 0 saturated carbocycles. The summed E-state index contributed by atoms with van der Waals surface area (Å²) < 4.78 is 5.54. The Morgan fingerprint density at radius 2 is 1.90 bits per heavy atom. The molecule has 3 aromatic rings. The summed E-state index contributed by atoms with van der Waals surface area (Å²) in [5.41, 5.74) is 4.86. The first-order valence-electron chi connectivity index (χ1n) is 10.0. The molecule has 1 aliphatic heterocycles. The number of aryl methyl sites for hydroxylation is 1. The molecule has 0 unspecified atom stereocenters. The molecule has 1 amide bonds. The van der Waals surface area contributed by atoms with Gasteiger partial charge in [-0.1, -0.05) is 29.8 Å². The van der Waals surface area contributed by atoms with E-state index < -0.39 is 0 Å². The van der Waals surface area contributed by atoms with Gasteiger partial charge < -0.3 is 14.6 Å². The van der Waals surface area contributed by atoms with Crippen LogP contribution in [0.1, 0.15) is 27.5 Å². The Balaban J connectivity index is 1.32. The van der Waals surface area contributed by atoms with Crippen LogP contribution < -0.4 is 10.2 Å². The van der Waals surface area contributed by atoms with Crippen LogP contribution in [0, 0.1) is 13.8 Å². The lowest BCUT2D eigenvalue weighted by atomic mass is 10.1. The second-order valence-corrected chi connectivity index (χ2v) is 8.01. The fraction of sp³-hybridized carbons (Fsp3) is 0.304. The maximum absolute atomic E-state index is 12.4. The number of carbonyl (C=O) groups is 1. The van der Waals surface area contributed by atoms with Crippen LogP contribution in [0.2, 0.25) is 5.02 Å². The lowest BCUT2D eigenvalue weighted by molar-refractivity contribution is 0.102. The first-order valence-corrected chi connectivity index (χ1v) is 10.4. The van der Waals surface area contributed by atoms with Gasteiger partial charge in [0.2, 0.25) is 5.89 Å². The number of carbonyl (C=O) groups excluding carboxylic acids is 1. The van der Waals surface area contributed by atoms with Crippen LogP contribution in [-0.2, 0) is 6.54 Å². The van der Waals surface area contributed by atoms with Gasteiger partial charge in [0.25, 0.3) is 5.91 Å². The van der Waals surface area contributed by atoms with Crippen molar-refractivity contribution in [3.8, 4) is 0 Å². The summed E-state index contributed by atoms with van der Waals surface area (Å²) in [6, 6.07) is 13.5. The van der Waals surface area contributed by atoms with Crippen molar-refractivity contribution in [1.82, 2.24) is 9.88 Å². The van der Waals surface area contributed by atoms with Crippen molar-refractivity contribution in [3.63, 3.8) is 0 Å². The van der Waals surface area contributed by atoms with Crippen LogP contribution in [-0.4, -0.2) is 42.0 Å². The van der Waals surface area contributed by atoms with Crippen LogP contribution in [0.4, 0.5) is 11.4 Å². The number of anilines is 2. The molecular weight excluding hydrogens is 400 g/mol. The van der Waals surface area contributed by atoms with E-state index in [0.717, 1.165) is 26.2 Å². The predicted molar refractivity (Wildman–Crippen MR) is 119 cm³/mol. The molecule has 30 heavy (non-hydrogen) atoms. The number of rotatable bonds is 5. The van der Waals surface area contributed by atoms with Gasteiger partial charge >= 0.3 is 0 Å². The molecule has 0 aliphatic carbocycles. The molecule has 0 spiro atoms. The molecular formula is C23H25ClN4O2. The molecule has 2 heterocycles. The lowest BCUT2D eigenvalue weighted by Crippen LogP contribution is -2.46. The van der Waals surface area contributed by atoms with E-state index in [1.165, 1.54) is 23.1 Å². The lowest BCUT2D eigenvalue weighted by Gasteiger charge is -2.36. The van der Waals surface area contributed by atoms with E-state index in [4.69, 9.17) is 16.0 Å². The maximum Gasteiger partial charge on any atom is 0.277 e. The number of hydrogen-bond acceptors (Lipinski definition) is 5. The fourth-order valence-electron chi connectivity index (χ4n) is 3.67. The average molecular weight is 425 g/mol. The first kappa shape index (κ1) is 20.4. The highest BCUT2D eigenvalue weighted by Crippen LogP contribution is 2.24. The van der Waals surface area contributed by atoms with Gasteiger partial charge in [-0.25, -0.2) is 4.98 Å². The van der Waals surface area contributed by atoms with Gasteiger partial charge in [-0.2, -0.15) is 0 Å². The molecule has 6 nitrogen and oxygen atoms in total. The van der Waals surface area contributed by atoms with Crippen LogP contribution in [0.15, 0.2) is 53.1 Å². The minimum atomic E-state index is -0.313. The number of benzene rings is 2. The summed E-state index contributed by atoms with van der Waals surface area (Å²) in [5, 5.41) is 3.35. The molecule has 2 aromatic carbocycles. The number of piperazine rings is 1. The topological polar surface area (TPSA) is 61.6 Å². The van der Waals surface area contributed by atoms with E-state index in [1.807, 2.05) is 0 Å². The number of hydrogen-bond donors (Lipinski definition) is 1. The minimum Gasteiger partial charge on any atom is -0.447 e. The number of halogens is 1. The number of nitrogens with zero attached hydrogens (tertiary/aromatic N) is 3. The Labute approximate surface area is 181 Å². The zero-order valence-electron chi connectivity index (χ0n) is 17.2. The molecule has 1 aliphatic rings. The summed E-state index contributed by atoms with van der Waals surface area (Å²) in [5.74, 6) is 0.235. The van der Waals surface area contributed by atoms with Gasteiger partial charge in [0.05, 0.1) is 6.54 Å². The molecule has 1 aromatic heterocycles. The van der Waals surface area contributed by atoms with Crippen LogP contribution in [0.3, 0.4) is 0 Å². The van der Waals surface area contributed by atoms with E-state index in [2.05, 4.69) is 52.1 Å². The molecule has 1 saturated heterocycles. The van der Waals surface area contributed by atoms with Gasteiger partial charge in [0.15, 0.2) is 5.69 Å². The Morgan fingerprint density at radius 1 is 1.13 bits per heavy atom. The first-order chi connectivity index (χ1) is 14.5. The number of nitrogens with one attached hydrogen (secondary N) is 1. The van der Waals surface area contributed by atoms with Crippen LogP contribution >= 0.6 is 11.6 Å². The van der Waals surface area contributed by atoms with Gasteiger partial charge in [-0.15, -0.1) is 0 Å². The summed E-state index contributed by atoms with van der Waals surface area (Å²) in [6.07, 6.45) is 1.40. The third-order valence-electron chi connectivity index (χ3n) is 5.51. The second-order valence-electron chi connectivity index (χ2n) is 7.57. The smallest absolute Gasteiger partial charge is 0.277 e. The summed E-state index contributed by atoms with van der Waals surface area (Å²) in [7, 11) is 0. The van der Waals surface area contributed by atoms with Crippen molar-refractivity contribution in [1.29, 1.82) is 0 Å². The van der Waals surface area contributed by atoms with Crippen molar-refractivity contribution < 1.29 is 9.21 Å². The Hall–Kier alpha value is -2.83. The molecule has 4 rings (SSSR count). The molecule has 0 atom stereocenters.